The van der Waals surface area contributed by atoms with Crippen molar-refractivity contribution in [1.29, 1.82) is 0 Å². The lowest BCUT2D eigenvalue weighted by Gasteiger charge is -2.09. The van der Waals surface area contributed by atoms with E-state index < -0.39 is 15.9 Å². The number of amides is 1. The molecule has 0 aliphatic rings. The normalized spacial score (nSPS) is 11.2. The molecule has 1 amide bonds. The number of nitrogens with one attached hydrogen (secondary N) is 2. The van der Waals surface area contributed by atoms with Crippen molar-refractivity contribution in [2.24, 2.45) is 5.73 Å². The Morgan fingerprint density at radius 2 is 2.26 bits per heavy atom. The first-order chi connectivity index (χ1) is 8.97. The average molecular weight is 288 g/mol. The fraction of sp³-hybridized carbons (Fsp3) is 0.400. The molecule has 1 aromatic heterocycles. The highest BCUT2D eigenvalue weighted by atomic mass is 32.2. The minimum atomic E-state index is -3.72. The number of pyridine rings is 1. The van der Waals surface area contributed by atoms with Gasteiger partial charge >= 0.3 is 0 Å². The average Bonchev–Trinajstić information content (AvgIpc) is 2.37. The van der Waals surface area contributed by atoms with Crippen LogP contribution in [0.2, 0.25) is 0 Å². The van der Waals surface area contributed by atoms with Crippen molar-refractivity contribution in [2.45, 2.75) is 5.03 Å². The number of carbonyl (C=O) groups excluding carboxylic acids is 1. The van der Waals surface area contributed by atoms with E-state index in [9.17, 15) is 13.2 Å². The van der Waals surface area contributed by atoms with Crippen molar-refractivity contribution in [3.8, 4) is 0 Å². The number of carbonyl (C=O) groups is 1. The van der Waals surface area contributed by atoms with Gasteiger partial charge in [0.15, 0.2) is 5.03 Å². The zero-order chi connectivity index (χ0) is 14.3. The summed E-state index contributed by atoms with van der Waals surface area (Å²) in [5, 5.41) is 2.65. The molecular formula is C10H16N4O4S. The summed E-state index contributed by atoms with van der Waals surface area (Å²) in [6.45, 7) is -0.174. The predicted octanol–water partition coefficient (Wildman–Crippen LogP) is -1.10. The van der Waals surface area contributed by atoms with Crippen molar-refractivity contribution in [1.82, 2.24) is 9.71 Å². The number of nitrogens with zero attached hydrogens (tertiary/aromatic N) is 1. The monoisotopic (exact) mass is 288 g/mol. The van der Waals surface area contributed by atoms with Crippen LogP contribution in [0.4, 0.5) is 5.69 Å². The van der Waals surface area contributed by atoms with Gasteiger partial charge in [0.1, 0.15) is 6.61 Å². The highest BCUT2D eigenvalue weighted by Crippen LogP contribution is 2.16. The fourth-order valence-electron chi connectivity index (χ4n) is 1.28. The topological polar surface area (TPSA) is 123 Å². The van der Waals surface area contributed by atoms with E-state index in [1.54, 1.807) is 19.2 Å². The second kappa shape index (κ2) is 7.02. The van der Waals surface area contributed by atoms with Crippen LogP contribution in [0.5, 0.6) is 0 Å². The van der Waals surface area contributed by atoms with E-state index in [1.165, 1.54) is 6.20 Å². The second-order valence-corrected chi connectivity index (χ2v) is 5.21. The van der Waals surface area contributed by atoms with Crippen LogP contribution in [-0.4, -0.2) is 46.1 Å². The molecule has 0 saturated carbocycles. The van der Waals surface area contributed by atoms with Crippen LogP contribution in [0.25, 0.3) is 0 Å². The Labute approximate surface area is 111 Å². The molecule has 9 heteroatoms. The summed E-state index contributed by atoms with van der Waals surface area (Å²) in [7, 11) is -2.12. The van der Waals surface area contributed by atoms with Gasteiger partial charge in [-0.1, -0.05) is 0 Å². The highest BCUT2D eigenvalue weighted by Gasteiger charge is 2.18. The van der Waals surface area contributed by atoms with E-state index in [2.05, 4.69) is 15.0 Å². The summed E-state index contributed by atoms with van der Waals surface area (Å²) in [6, 6.07) is 3.23. The van der Waals surface area contributed by atoms with Gasteiger partial charge in [0.25, 0.3) is 10.0 Å². The largest absolute Gasteiger partial charge is 0.386 e. The molecule has 4 N–H and O–H groups in total. The molecule has 0 spiro atoms. The number of hydrogen-bond donors (Lipinski definition) is 3. The van der Waals surface area contributed by atoms with E-state index >= 15 is 0 Å². The molecule has 0 radical (unpaired) electrons. The van der Waals surface area contributed by atoms with Crippen molar-refractivity contribution in [3.05, 3.63) is 18.3 Å². The maximum Gasteiger partial charge on any atom is 0.260 e. The van der Waals surface area contributed by atoms with Crippen molar-refractivity contribution in [3.63, 3.8) is 0 Å². The molecule has 19 heavy (non-hydrogen) atoms. The van der Waals surface area contributed by atoms with Crippen LogP contribution >= 0.6 is 0 Å². The molecule has 106 valence electrons. The maximum absolute atomic E-state index is 11.9. The number of nitrogens with two attached hydrogens (primary N) is 1. The third-order valence-electron chi connectivity index (χ3n) is 2.08. The van der Waals surface area contributed by atoms with Crippen LogP contribution in [-0.2, 0) is 19.6 Å². The molecule has 8 nitrogen and oxygen atoms in total. The van der Waals surface area contributed by atoms with Gasteiger partial charge in [-0.05, 0) is 12.1 Å². The summed E-state index contributed by atoms with van der Waals surface area (Å²) < 4.78 is 31.1. The molecule has 0 bridgehead atoms. The Balaban J connectivity index is 2.59. The summed E-state index contributed by atoms with van der Waals surface area (Å²) >= 11 is 0. The Morgan fingerprint density at radius 3 is 2.89 bits per heavy atom. The van der Waals surface area contributed by atoms with Crippen molar-refractivity contribution < 1.29 is 17.9 Å². The first kappa shape index (κ1) is 15.3. The Bertz CT molecular complexity index is 532. The molecule has 0 atom stereocenters. The van der Waals surface area contributed by atoms with Gasteiger partial charge in [0.05, 0.1) is 12.3 Å². The standard InChI is InChI=1S/C10H16N4O4S/c1-12-8-3-2-4-13-10(8)19(16,17)14-5-6-18-7-9(11)15/h2-4,12,14H,5-7H2,1H3,(H2,11,15). The van der Waals surface area contributed by atoms with E-state index in [1.807, 2.05) is 0 Å². The first-order valence-electron chi connectivity index (χ1n) is 5.46. The van der Waals surface area contributed by atoms with E-state index in [0.29, 0.717) is 5.69 Å². The highest BCUT2D eigenvalue weighted by molar-refractivity contribution is 7.89. The van der Waals surface area contributed by atoms with Gasteiger partial charge in [0, 0.05) is 19.8 Å². The van der Waals surface area contributed by atoms with Crippen LogP contribution in [0.1, 0.15) is 0 Å². The molecule has 1 rings (SSSR count). The first-order valence-corrected chi connectivity index (χ1v) is 6.94. The maximum atomic E-state index is 11.9. The second-order valence-electron chi connectivity index (χ2n) is 3.52. The molecule has 0 fully saturated rings. The minimum Gasteiger partial charge on any atom is -0.386 e. The van der Waals surface area contributed by atoms with Gasteiger partial charge in [-0.15, -0.1) is 0 Å². The quantitative estimate of drug-likeness (QED) is 0.522. The Morgan fingerprint density at radius 1 is 1.53 bits per heavy atom. The zero-order valence-corrected chi connectivity index (χ0v) is 11.2. The summed E-state index contributed by atoms with van der Waals surface area (Å²) in [4.78, 5) is 14.2. The van der Waals surface area contributed by atoms with Gasteiger partial charge in [-0.3, -0.25) is 4.79 Å². The number of aromatic nitrogens is 1. The predicted molar refractivity (Wildman–Crippen MR) is 69.0 cm³/mol. The number of ether oxygens (including phenoxy) is 1. The lowest BCUT2D eigenvalue weighted by molar-refractivity contribution is -0.122. The SMILES string of the molecule is CNc1cccnc1S(=O)(=O)NCCOCC(N)=O. The van der Waals surface area contributed by atoms with E-state index in [0.717, 1.165) is 0 Å². The Kier molecular flexibility index (Phi) is 5.67. The molecule has 0 aromatic carbocycles. The number of primary amides is 1. The van der Waals surface area contributed by atoms with Crippen molar-refractivity contribution in [2.75, 3.05) is 32.1 Å². The van der Waals surface area contributed by atoms with Gasteiger partial charge in [0.2, 0.25) is 5.91 Å². The van der Waals surface area contributed by atoms with Crippen LogP contribution in [0, 0.1) is 0 Å². The zero-order valence-electron chi connectivity index (χ0n) is 10.4. The number of rotatable bonds is 8. The lowest BCUT2D eigenvalue weighted by Crippen LogP contribution is -2.30. The molecule has 0 unspecified atom stereocenters. The Hall–Kier alpha value is -1.71. The van der Waals surface area contributed by atoms with Crippen molar-refractivity contribution >= 4 is 21.6 Å². The lowest BCUT2D eigenvalue weighted by atomic mass is 10.4. The number of anilines is 1. The molecule has 1 heterocycles. The van der Waals surface area contributed by atoms with Crippen LogP contribution in [0.3, 0.4) is 0 Å². The molecule has 0 saturated heterocycles. The number of hydrogen-bond acceptors (Lipinski definition) is 6. The summed E-state index contributed by atoms with van der Waals surface area (Å²) in [6.07, 6.45) is 1.39. The molecule has 0 aliphatic carbocycles. The van der Waals surface area contributed by atoms with E-state index in [4.69, 9.17) is 10.5 Å². The van der Waals surface area contributed by atoms with Crippen LogP contribution in [0.15, 0.2) is 23.4 Å². The third-order valence-corrected chi connectivity index (χ3v) is 3.50. The molecular weight excluding hydrogens is 272 g/mol. The smallest absolute Gasteiger partial charge is 0.260 e. The third kappa shape index (κ3) is 4.81. The van der Waals surface area contributed by atoms with Crippen LogP contribution < -0.4 is 15.8 Å². The molecule has 0 aliphatic heterocycles. The van der Waals surface area contributed by atoms with Gasteiger partial charge in [-0.2, -0.15) is 0 Å². The van der Waals surface area contributed by atoms with Gasteiger partial charge < -0.3 is 15.8 Å². The fourth-order valence-corrected chi connectivity index (χ4v) is 2.43. The summed E-state index contributed by atoms with van der Waals surface area (Å²) in [5.41, 5.74) is 5.26. The van der Waals surface area contributed by atoms with E-state index in [-0.39, 0.29) is 24.8 Å². The minimum absolute atomic E-state index is 0.0232. The summed E-state index contributed by atoms with van der Waals surface area (Å²) in [5.74, 6) is -0.606. The van der Waals surface area contributed by atoms with Gasteiger partial charge in [-0.25, -0.2) is 18.1 Å². The molecule has 1 aromatic rings. The number of sulfonamides is 1.